The first kappa shape index (κ1) is 14.1. The SMILES string of the molecule is CN(C1CCC1)S(=O)(=O)c1cc(CCl)ccc1Cl. The predicted molar refractivity (Wildman–Crippen MR) is 73.6 cm³/mol. The van der Waals surface area contributed by atoms with Crippen molar-refractivity contribution in [1.29, 1.82) is 0 Å². The molecule has 0 saturated heterocycles. The molecule has 0 aliphatic heterocycles. The average molecular weight is 308 g/mol. The maximum absolute atomic E-state index is 12.5. The minimum atomic E-state index is -3.52. The van der Waals surface area contributed by atoms with Crippen LogP contribution in [0.5, 0.6) is 0 Å². The Balaban J connectivity index is 2.39. The van der Waals surface area contributed by atoms with Gasteiger partial charge in [0.1, 0.15) is 4.90 Å². The van der Waals surface area contributed by atoms with Gasteiger partial charge < -0.3 is 0 Å². The van der Waals surface area contributed by atoms with E-state index in [-0.39, 0.29) is 21.8 Å². The molecule has 1 fully saturated rings. The Bertz CT molecular complexity index is 541. The first-order valence-corrected chi connectivity index (χ1v) is 8.14. The molecule has 6 heteroatoms. The predicted octanol–water partition coefficient (Wildman–Crippen LogP) is 3.25. The number of sulfonamides is 1. The van der Waals surface area contributed by atoms with Crippen molar-refractivity contribution in [3.8, 4) is 0 Å². The van der Waals surface area contributed by atoms with Crippen LogP contribution in [0.3, 0.4) is 0 Å². The molecule has 0 radical (unpaired) electrons. The van der Waals surface area contributed by atoms with E-state index in [0.29, 0.717) is 0 Å². The highest BCUT2D eigenvalue weighted by Gasteiger charge is 2.32. The lowest BCUT2D eigenvalue weighted by molar-refractivity contribution is 0.249. The Morgan fingerprint density at radius 3 is 2.56 bits per heavy atom. The lowest BCUT2D eigenvalue weighted by Crippen LogP contribution is -2.41. The molecular formula is C12H15Cl2NO2S. The van der Waals surface area contributed by atoms with Gasteiger partial charge in [-0.05, 0) is 30.5 Å². The van der Waals surface area contributed by atoms with E-state index < -0.39 is 10.0 Å². The molecule has 1 aromatic rings. The molecule has 1 saturated carbocycles. The van der Waals surface area contributed by atoms with Crippen LogP contribution in [-0.2, 0) is 15.9 Å². The molecule has 18 heavy (non-hydrogen) atoms. The molecule has 1 aromatic carbocycles. The summed E-state index contributed by atoms with van der Waals surface area (Å²) in [6.07, 6.45) is 2.92. The molecule has 0 amide bonds. The van der Waals surface area contributed by atoms with E-state index in [1.54, 1.807) is 25.2 Å². The summed E-state index contributed by atoms with van der Waals surface area (Å²) < 4.78 is 26.3. The number of halogens is 2. The van der Waals surface area contributed by atoms with Gasteiger partial charge in [-0.15, -0.1) is 11.6 Å². The summed E-state index contributed by atoms with van der Waals surface area (Å²) in [5.41, 5.74) is 0.752. The zero-order valence-electron chi connectivity index (χ0n) is 10.1. The Morgan fingerprint density at radius 1 is 1.39 bits per heavy atom. The first-order chi connectivity index (χ1) is 8.46. The molecule has 2 rings (SSSR count). The normalized spacial score (nSPS) is 16.9. The van der Waals surface area contributed by atoms with Gasteiger partial charge in [-0.1, -0.05) is 24.1 Å². The van der Waals surface area contributed by atoms with Gasteiger partial charge in [-0.3, -0.25) is 0 Å². The number of rotatable bonds is 4. The summed E-state index contributed by atoms with van der Waals surface area (Å²) in [4.78, 5) is 0.150. The van der Waals surface area contributed by atoms with E-state index in [4.69, 9.17) is 23.2 Å². The second kappa shape index (κ2) is 5.37. The maximum atomic E-state index is 12.5. The summed E-state index contributed by atoms with van der Waals surface area (Å²) in [6, 6.07) is 4.98. The highest BCUT2D eigenvalue weighted by atomic mass is 35.5. The standard InChI is InChI=1S/C12H15Cl2NO2S/c1-15(10-3-2-4-10)18(16,17)12-7-9(8-13)5-6-11(12)14/h5-7,10H,2-4,8H2,1H3. The lowest BCUT2D eigenvalue weighted by atomic mass is 9.94. The van der Waals surface area contributed by atoms with Crippen LogP contribution >= 0.6 is 23.2 Å². The van der Waals surface area contributed by atoms with Crippen LogP contribution in [0.4, 0.5) is 0 Å². The van der Waals surface area contributed by atoms with E-state index in [2.05, 4.69) is 0 Å². The molecule has 3 nitrogen and oxygen atoms in total. The summed E-state index contributed by atoms with van der Waals surface area (Å²) in [6.45, 7) is 0. The van der Waals surface area contributed by atoms with Crippen LogP contribution in [0.25, 0.3) is 0 Å². The van der Waals surface area contributed by atoms with Gasteiger partial charge in [0, 0.05) is 19.0 Å². The molecule has 0 aromatic heterocycles. The third-order valence-electron chi connectivity index (χ3n) is 3.40. The minimum absolute atomic E-state index is 0.103. The van der Waals surface area contributed by atoms with Gasteiger partial charge in [0.2, 0.25) is 10.0 Å². The van der Waals surface area contributed by atoms with Gasteiger partial charge in [0.15, 0.2) is 0 Å². The monoisotopic (exact) mass is 307 g/mol. The Hall–Kier alpha value is -0.290. The van der Waals surface area contributed by atoms with E-state index >= 15 is 0 Å². The average Bonchev–Trinajstić information content (AvgIpc) is 2.27. The molecule has 0 atom stereocenters. The van der Waals surface area contributed by atoms with Crippen LogP contribution in [0.2, 0.25) is 5.02 Å². The Labute approximate surface area is 118 Å². The molecule has 0 heterocycles. The molecule has 1 aliphatic carbocycles. The first-order valence-electron chi connectivity index (χ1n) is 5.79. The Kier molecular flexibility index (Phi) is 4.22. The Morgan fingerprint density at radius 2 is 2.06 bits per heavy atom. The van der Waals surface area contributed by atoms with Crippen LogP contribution in [0, 0.1) is 0 Å². The van der Waals surface area contributed by atoms with Crippen molar-refractivity contribution in [2.75, 3.05) is 7.05 Å². The van der Waals surface area contributed by atoms with Crippen molar-refractivity contribution in [1.82, 2.24) is 4.31 Å². The summed E-state index contributed by atoms with van der Waals surface area (Å²) in [5, 5.41) is 0.245. The van der Waals surface area contributed by atoms with Gasteiger partial charge in [-0.2, -0.15) is 4.31 Å². The highest BCUT2D eigenvalue weighted by molar-refractivity contribution is 7.89. The smallest absolute Gasteiger partial charge is 0.207 e. The van der Waals surface area contributed by atoms with Gasteiger partial charge >= 0.3 is 0 Å². The number of hydrogen-bond donors (Lipinski definition) is 0. The van der Waals surface area contributed by atoms with Gasteiger partial charge in [-0.25, -0.2) is 8.42 Å². The van der Waals surface area contributed by atoms with E-state index in [9.17, 15) is 8.42 Å². The van der Waals surface area contributed by atoms with Crippen LogP contribution < -0.4 is 0 Å². The molecule has 0 unspecified atom stereocenters. The molecule has 1 aliphatic rings. The third-order valence-corrected chi connectivity index (χ3v) is 6.10. The van der Waals surface area contributed by atoms with Crippen molar-refractivity contribution in [3.05, 3.63) is 28.8 Å². The van der Waals surface area contributed by atoms with Gasteiger partial charge in [0.05, 0.1) is 5.02 Å². The topological polar surface area (TPSA) is 37.4 Å². The number of benzene rings is 1. The van der Waals surface area contributed by atoms with Gasteiger partial charge in [0.25, 0.3) is 0 Å². The number of nitrogens with zero attached hydrogens (tertiary/aromatic N) is 1. The van der Waals surface area contributed by atoms with Crippen molar-refractivity contribution in [2.45, 2.75) is 36.1 Å². The van der Waals surface area contributed by atoms with E-state index in [1.165, 1.54) is 4.31 Å². The molecule has 0 spiro atoms. The van der Waals surface area contributed by atoms with E-state index in [0.717, 1.165) is 24.8 Å². The fourth-order valence-electron chi connectivity index (χ4n) is 1.93. The minimum Gasteiger partial charge on any atom is -0.207 e. The van der Waals surface area contributed by atoms with E-state index in [1.807, 2.05) is 0 Å². The van der Waals surface area contributed by atoms with Crippen LogP contribution in [0.15, 0.2) is 23.1 Å². The quantitative estimate of drug-likeness (QED) is 0.801. The van der Waals surface area contributed by atoms with Crippen LogP contribution in [-0.4, -0.2) is 25.8 Å². The van der Waals surface area contributed by atoms with Crippen molar-refractivity contribution >= 4 is 33.2 Å². The fourth-order valence-corrected chi connectivity index (χ4v) is 4.03. The molecular weight excluding hydrogens is 293 g/mol. The largest absolute Gasteiger partial charge is 0.244 e. The number of hydrogen-bond acceptors (Lipinski definition) is 2. The summed E-state index contributed by atoms with van der Waals surface area (Å²) in [7, 11) is -1.91. The summed E-state index contributed by atoms with van der Waals surface area (Å²) >= 11 is 11.7. The van der Waals surface area contributed by atoms with Crippen LogP contribution in [0.1, 0.15) is 24.8 Å². The van der Waals surface area contributed by atoms with Crippen molar-refractivity contribution in [3.63, 3.8) is 0 Å². The van der Waals surface area contributed by atoms with Crippen molar-refractivity contribution < 1.29 is 8.42 Å². The summed E-state index contributed by atoms with van der Waals surface area (Å²) in [5.74, 6) is 0.271. The molecule has 0 N–H and O–H groups in total. The number of alkyl halides is 1. The van der Waals surface area contributed by atoms with Crippen molar-refractivity contribution in [2.24, 2.45) is 0 Å². The second-order valence-electron chi connectivity index (χ2n) is 4.50. The zero-order valence-corrected chi connectivity index (χ0v) is 12.4. The third kappa shape index (κ3) is 2.52. The fraction of sp³-hybridized carbons (Fsp3) is 0.500. The molecule has 0 bridgehead atoms. The maximum Gasteiger partial charge on any atom is 0.244 e. The highest BCUT2D eigenvalue weighted by Crippen LogP contribution is 2.31. The second-order valence-corrected chi connectivity index (χ2v) is 7.14. The lowest BCUT2D eigenvalue weighted by Gasteiger charge is -2.34. The zero-order chi connectivity index (χ0) is 13.3. The molecule has 100 valence electrons.